The topological polar surface area (TPSA) is 39.9 Å². The molecule has 6 aromatic rings. The molecule has 0 radical (unpaired) electrons. The third kappa shape index (κ3) is 3.60. The molecule has 0 aliphatic carbocycles. The van der Waals surface area contributed by atoms with Gasteiger partial charge in [0.1, 0.15) is 17.9 Å². The fraction of sp³-hybridized carbons (Fsp3) is 0.103. The first kappa shape index (κ1) is 19.5. The number of hydrogen-bond acceptors (Lipinski definition) is 3. The molecule has 2 aromatic heterocycles. The van der Waals surface area contributed by atoms with Crippen LogP contribution in [0.4, 0.5) is 0 Å². The van der Waals surface area contributed by atoms with Crippen LogP contribution < -0.4 is 4.74 Å². The Bertz CT molecular complexity index is 1580. The quantitative estimate of drug-likeness (QED) is 0.307. The minimum atomic E-state index is 0.564. The number of nitrogens with zero attached hydrogens (tertiary/aromatic N) is 3. The van der Waals surface area contributed by atoms with Crippen molar-refractivity contribution in [2.24, 2.45) is 0 Å². The third-order valence-electron chi connectivity index (χ3n) is 6.08. The summed E-state index contributed by atoms with van der Waals surface area (Å²) in [6.07, 6.45) is 0. The number of para-hydroxylation sites is 3. The van der Waals surface area contributed by atoms with Crippen molar-refractivity contribution in [2.45, 2.75) is 20.1 Å². The molecule has 33 heavy (non-hydrogen) atoms. The summed E-state index contributed by atoms with van der Waals surface area (Å²) in [4.78, 5) is 9.98. The van der Waals surface area contributed by atoms with Crippen LogP contribution in [-0.4, -0.2) is 14.5 Å². The second kappa shape index (κ2) is 8.06. The average Bonchev–Trinajstić information content (AvgIpc) is 3.16. The molecular formula is C29H23N3O. The highest BCUT2D eigenvalue weighted by Gasteiger charge is 2.16. The van der Waals surface area contributed by atoms with E-state index in [0.29, 0.717) is 6.61 Å². The normalized spacial score (nSPS) is 11.4. The summed E-state index contributed by atoms with van der Waals surface area (Å²) in [7, 11) is 0. The van der Waals surface area contributed by atoms with Gasteiger partial charge >= 0.3 is 0 Å². The van der Waals surface area contributed by atoms with E-state index in [1.54, 1.807) is 0 Å². The van der Waals surface area contributed by atoms with Crippen molar-refractivity contribution in [1.82, 2.24) is 14.5 Å². The van der Waals surface area contributed by atoms with Gasteiger partial charge in [-0.3, -0.25) is 0 Å². The number of rotatable bonds is 5. The molecule has 0 unspecified atom stereocenters. The highest BCUT2D eigenvalue weighted by atomic mass is 16.5. The van der Waals surface area contributed by atoms with Crippen molar-refractivity contribution in [2.75, 3.05) is 0 Å². The van der Waals surface area contributed by atoms with Crippen LogP contribution >= 0.6 is 0 Å². The van der Waals surface area contributed by atoms with E-state index >= 15 is 0 Å². The molecule has 0 bridgehead atoms. The van der Waals surface area contributed by atoms with Crippen LogP contribution in [0.3, 0.4) is 0 Å². The zero-order valence-corrected chi connectivity index (χ0v) is 18.4. The Morgan fingerprint density at radius 1 is 0.697 bits per heavy atom. The Kier molecular flexibility index (Phi) is 4.76. The summed E-state index contributed by atoms with van der Waals surface area (Å²) in [6, 6.07) is 33.0. The molecule has 4 heteroatoms. The summed E-state index contributed by atoms with van der Waals surface area (Å²) >= 11 is 0. The van der Waals surface area contributed by atoms with Gasteiger partial charge in [-0.15, -0.1) is 0 Å². The largest absolute Gasteiger partial charge is 0.489 e. The standard InChI is InChI=1S/C29H23N3O/c1-20-8-7-11-24-27-29(31-26-13-6-5-12-25(26)30-27)32(28(20)24)18-21-14-16-23(17-15-21)33-19-22-9-3-2-4-10-22/h2-17H,18-19H2,1H3. The number of fused-ring (bicyclic) bond motifs is 4. The first-order chi connectivity index (χ1) is 16.3. The van der Waals surface area contributed by atoms with Gasteiger partial charge in [0.05, 0.1) is 16.6 Å². The highest BCUT2D eigenvalue weighted by Crippen LogP contribution is 2.31. The van der Waals surface area contributed by atoms with E-state index in [1.165, 1.54) is 16.6 Å². The lowest BCUT2D eigenvalue weighted by Gasteiger charge is -2.11. The molecule has 0 atom stereocenters. The van der Waals surface area contributed by atoms with Gasteiger partial charge in [-0.05, 0) is 47.9 Å². The van der Waals surface area contributed by atoms with Gasteiger partial charge < -0.3 is 9.30 Å². The van der Waals surface area contributed by atoms with Crippen molar-refractivity contribution in [3.8, 4) is 5.75 Å². The van der Waals surface area contributed by atoms with Crippen molar-refractivity contribution in [3.63, 3.8) is 0 Å². The maximum Gasteiger partial charge on any atom is 0.160 e. The Morgan fingerprint density at radius 2 is 1.42 bits per heavy atom. The molecule has 0 aliphatic rings. The maximum absolute atomic E-state index is 5.96. The molecule has 4 nitrogen and oxygen atoms in total. The molecule has 4 aromatic carbocycles. The van der Waals surface area contributed by atoms with Crippen LogP contribution in [0.15, 0.2) is 97.1 Å². The van der Waals surface area contributed by atoms with E-state index in [4.69, 9.17) is 14.7 Å². The minimum absolute atomic E-state index is 0.564. The summed E-state index contributed by atoms with van der Waals surface area (Å²) in [5.74, 6) is 0.867. The lowest BCUT2D eigenvalue weighted by Crippen LogP contribution is -2.02. The van der Waals surface area contributed by atoms with Crippen LogP contribution in [0.25, 0.3) is 33.1 Å². The van der Waals surface area contributed by atoms with Crippen molar-refractivity contribution in [3.05, 3.63) is 114 Å². The van der Waals surface area contributed by atoms with Gasteiger partial charge in [0.25, 0.3) is 0 Å². The molecule has 2 heterocycles. The molecule has 160 valence electrons. The molecule has 0 saturated heterocycles. The van der Waals surface area contributed by atoms with Crippen LogP contribution in [0.1, 0.15) is 16.7 Å². The van der Waals surface area contributed by atoms with E-state index in [0.717, 1.165) is 45.4 Å². The van der Waals surface area contributed by atoms with E-state index in [1.807, 2.05) is 54.6 Å². The molecular weight excluding hydrogens is 406 g/mol. The number of ether oxygens (including phenoxy) is 1. The van der Waals surface area contributed by atoms with Crippen LogP contribution in [0, 0.1) is 6.92 Å². The summed E-state index contributed by atoms with van der Waals surface area (Å²) in [5, 5.41) is 1.14. The molecule has 0 N–H and O–H groups in total. The molecule has 0 saturated carbocycles. The number of aryl methyl sites for hydroxylation is 1. The number of benzene rings is 4. The predicted octanol–water partition coefficient (Wildman–Crippen LogP) is 6.67. The number of hydrogen-bond donors (Lipinski definition) is 0. The summed E-state index contributed by atoms with van der Waals surface area (Å²) in [5.41, 5.74) is 8.47. The molecule has 0 spiro atoms. The van der Waals surface area contributed by atoms with E-state index in [9.17, 15) is 0 Å². The third-order valence-corrected chi connectivity index (χ3v) is 6.08. The van der Waals surface area contributed by atoms with Gasteiger partial charge in [0, 0.05) is 11.9 Å². The predicted molar refractivity (Wildman–Crippen MR) is 134 cm³/mol. The van der Waals surface area contributed by atoms with Gasteiger partial charge in [-0.1, -0.05) is 72.8 Å². The first-order valence-corrected chi connectivity index (χ1v) is 11.2. The van der Waals surface area contributed by atoms with Gasteiger partial charge in [-0.25, -0.2) is 9.97 Å². The number of aromatic nitrogens is 3. The highest BCUT2D eigenvalue weighted by molar-refractivity contribution is 6.07. The van der Waals surface area contributed by atoms with Gasteiger partial charge in [-0.2, -0.15) is 0 Å². The second-order valence-electron chi connectivity index (χ2n) is 8.36. The Hall–Kier alpha value is -4.18. The van der Waals surface area contributed by atoms with Crippen molar-refractivity contribution in [1.29, 1.82) is 0 Å². The first-order valence-electron chi connectivity index (χ1n) is 11.2. The van der Waals surface area contributed by atoms with Crippen molar-refractivity contribution < 1.29 is 4.74 Å². The van der Waals surface area contributed by atoms with Crippen LogP contribution in [0.5, 0.6) is 5.75 Å². The Labute approximate surface area is 192 Å². The summed E-state index contributed by atoms with van der Waals surface area (Å²) in [6.45, 7) is 3.43. The monoisotopic (exact) mass is 429 g/mol. The Balaban J connectivity index is 1.37. The molecule has 6 rings (SSSR count). The SMILES string of the molecule is Cc1cccc2c3nc4ccccc4nc3n(Cc3ccc(OCc4ccccc4)cc3)c12. The van der Waals surface area contributed by atoms with Crippen LogP contribution in [-0.2, 0) is 13.2 Å². The van der Waals surface area contributed by atoms with E-state index in [-0.39, 0.29) is 0 Å². The zero-order valence-electron chi connectivity index (χ0n) is 18.4. The fourth-order valence-electron chi connectivity index (χ4n) is 4.44. The molecule has 0 fully saturated rings. The summed E-state index contributed by atoms with van der Waals surface area (Å²) < 4.78 is 8.25. The average molecular weight is 430 g/mol. The minimum Gasteiger partial charge on any atom is -0.489 e. The lowest BCUT2D eigenvalue weighted by molar-refractivity contribution is 0.306. The molecule has 0 aliphatic heterocycles. The van der Waals surface area contributed by atoms with Gasteiger partial charge in [0.15, 0.2) is 5.65 Å². The van der Waals surface area contributed by atoms with E-state index in [2.05, 4.69) is 54.0 Å². The zero-order chi connectivity index (χ0) is 22.2. The lowest BCUT2D eigenvalue weighted by atomic mass is 10.1. The molecule has 0 amide bonds. The Morgan fingerprint density at radius 3 is 2.21 bits per heavy atom. The maximum atomic E-state index is 5.96. The van der Waals surface area contributed by atoms with Gasteiger partial charge in [0.2, 0.25) is 0 Å². The van der Waals surface area contributed by atoms with Crippen molar-refractivity contribution >= 4 is 33.1 Å². The second-order valence-corrected chi connectivity index (χ2v) is 8.36. The van der Waals surface area contributed by atoms with E-state index < -0.39 is 0 Å². The smallest absolute Gasteiger partial charge is 0.160 e. The van der Waals surface area contributed by atoms with Crippen LogP contribution in [0.2, 0.25) is 0 Å². The fourth-order valence-corrected chi connectivity index (χ4v) is 4.44.